The molecule has 0 aliphatic rings. The number of nitrogens with zero attached hydrogens (tertiary/aromatic N) is 1. The van der Waals surface area contributed by atoms with Crippen molar-refractivity contribution in [3.63, 3.8) is 0 Å². The van der Waals surface area contributed by atoms with Gasteiger partial charge in [0.15, 0.2) is 0 Å². The lowest BCUT2D eigenvalue weighted by Crippen LogP contribution is -2.15. The predicted molar refractivity (Wildman–Crippen MR) is 70.6 cm³/mol. The zero-order chi connectivity index (χ0) is 13.7. The second-order valence-corrected chi connectivity index (χ2v) is 6.21. The van der Waals surface area contributed by atoms with E-state index in [4.69, 9.17) is 5.11 Å². The summed E-state index contributed by atoms with van der Waals surface area (Å²) in [5.74, 6) is -1.54. The molecule has 2 aromatic heterocycles. The number of H-pyrrole nitrogens is 1. The number of aryl methyl sites for hydroxylation is 1. The van der Waals surface area contributed by atoms with Gasteiger partial charge < -0.3 is 10.1 Å². The SMILES string of the molecule is Cc1c(C(C)(C)C)sc2nc(C(=O)O)[nH]c(=O)c12. The second-order valence-electron chi connectivity index (χ2n) is 5.21. The summed E-state index contributed by atoms with van der Waals surface area (Å²) in [6, 6.07) is 0. The van der Waals surface area contributed by atoms with E-state index in [1.807, 2.05) is 6.92 Å². The summed E-state index contributed by atoms with van der Waals surface area (Å²) < 4.78 is 0. The van der Waals surface area contributed by atoms with E-state index >= 15 is 0 Å². The first-order valence-corrected chi connectivity index (χ1v) is 6.30. The molecule has 0 atom stereocenters. The van der Waals surface area contributed by atoms with Crippen LogP contribution in [-0.2, 0) is 5.41 Å². The summed E-state index contributed by atoms with van der Waals surface area (Å²) in [6.07, 6.45) is 0. The average Bonchev–Trinajstić information content (AvgIpc) is 2.55. The van der Waals surface area contributed by atoms with Gasteiger partial charge in [0.1, 0.15) is 4.83 Å². The van der Waals surface area contributed by atoms with E-state index < -0.39 is 5.97 Å². The van der Waals surface area contributed by atoms with Gasteiger partial charge in [0, 0.05) is 4.88 Å². The number of carboxylic acid groups (broad SMARTS) is 1. The maximum atomic E-state index is 11.9. The standard InChI is InChI=1S/C12H14N2O3S/c1-5-6-9(15)13-8(11(16)17)14-10(6)18-7(5)12(2,3)4/h1-4H3,(H,16,17)(H,13,14,15). The first kappa shape index (κ1) is 12.8. The Hall–Kier alpha value is -1.69. The molecule has 0 unspecified atom stereocenters. The van der Waals surface area contributed by atoms with E-state index in [1.165, 1.54) is 11.3 Å². The van der Waals surface area contributed by atoms with Gasteiger partial charge in [-0.05, 0) is 17.9 Å². The van der Waals surface area contributed by atoms with Crippen LogP contribution in [0.4, 0.5) is 0 Å². The highest BCUT2D eigenvalue weighted by atomic mass is 32.1. The van der Waals surface area contributed by atoms with Crippen molar-refractivity contribution >= 4 is 27.5 Å². The second kappa shape index (κ2) is 3.91. The van der Waals surface area contributed by atoms with Gasteiger partial charge in [0.2, 0.25) is 5.82 Å². The molecule has 0 saturated carbocycles. The summed E-state index contributed by atoms with van der Waals surface area (Å²) >= 11 is 1.38. The van der Waals surface area contributed by atoms with Crippen LogP contribution in [0, 0.1) is 6.92 Å². The Balaban J connectivity index is 2.85. The molecule has 0 bridgehead atoms. The number of nitrogens with one attached hydrogen (secondary N) is 1. The van der Waals surface area contributed by atoms with Gasteiger partial charge in [-0.15, -0.1) is 11.3 Å². The minimum absolute atomic E-state index is 0.0920. The van der Waals surface area contributed by atoms with Gasteiger partial charge in [-0.1, -0.05) is 20.8 Å². The minimum Gasteiger partial charge on any atom is -0.475 e. The van der Waals surface area contributed by atoms with Crippen molar-refractivity contribution < 1.29 is 9.90 Å². The lowest BCUT2D eigenvalue weighted by atomic mass is 9.91. The first-order chi connectivity index (χ1) is 8.21. The van der Waals surface area contributed by atoms with E-state index in [0.717, 1.165) is 10.4 Å². The fraction of sp³-hybridized carbons (Fsp3) is 0.417. The number of aromatic amines is 1. The van der Waals surface area contributed by atoms with Crippen LogP contribution in [0.1, 0.15) is 41.8 Å². The van der Waals surface area contributed by atoms with E-state index in [2.05, 4.69) is 30.7 Å². The predicted octanol–water partition coefficient (Wildman–Crippen LogP) is 2.29. The lowest BCUT2D eigenvalue weighted by Gasteiger charge is -2.17. The van der Waals surface area contributed by atoms with Crippen molar-refractivity contribution in [2.24, 2.45) is 0 Å². The zero-order valence-corrected chi connectivity index (χ0v) is 11.4. The molecule has 2 N–H and O–H groups in total. The van der Waals surface area contributed by atoms with Crippen LogP contribution in [-0.4, -0.2) is 21.0 Å². The van der Waals surface area contributed by atoms with Gasteiger partial charge in [0.05, 0.1) is 5.39 Å². The zero-order valence-electron chi connectivity index (χ0n) is 10.6. The third-order valence-electron chi connectivity index (χ3n) is 2.68. The molecule has 0 spiro atoms. The van der Waals surface area contributed by atoms with Gasteiger partial charge in [-0.25, -0.2) is 9.78 Å². The number of rotatable bonds is 1. The van der Waals surface area contributed by atoms with E-state index in [1.54, 1.807) is 0 Å². The number of aromatic carboxylic acids is 1. The lowest BCUT2D eigenvalue weighted by molar-refractivity contribution is 0.0683. The number of aromatic nitrogens is 2. The maximum absolute atomic E-state index is 11.9. The normalized spacial score (nSPS) is 12.0. The highest BCUT2D eigenvalue weighted by molar-refractivity contribution is 7.19. The Labute approximate surface area is 107 Å². The fourth-order valence-electron chi connectivity index (χ4n) is 1.96. The van der Waals surface area contributed by atoms with Crippen LogP contribution >= 0.6 is 11.3 Å². The Morgan fingerprint density at radius 2 is 2.00 bits per heavy atom. The minimum atomic E-state index is -1.22. The van der Waals surface area contributed by atoms with Crippen molar-refractivity contribution in [1.82, 2.24) is 9.97 Å². The van der Waals surface area contributed by atoms with Crippen LogP contribution < -0.4 is 5.56 Å². The number of fused-ring (bicyclic) bond motifs is 1. The molecule has 0 aliphatic carbocycles. The number of thiophene rings is 1. The number of hydrogen-bond donors (Lipinski definition) is 2. The third kappa shape index (κ3) is 1.92. The molecule has 96 valence electrons. The number of hydrogen-bond acceptors (Lipinski definition) is 4. The van der Waals surface area contributed by atoms with E-state index in [-0.39, 0.29) is 16.8 Å². The van der Waals surface area contributed by atoms with Gasteiger partial charge in [0.25, 0.3) is 5.56 Å². The summed E-state index contributed by atoms with van der Waals surface area (Å²) in [5, 5.41) is 9.37. The largest absolute Gasteiger partial charge is 0.475 e. The van der Waals surface area contributed by atoms with Crippen LogP contribution in [0.3, 0.4) is 0 Å². The van der Waals surface area contributed by atoms with Crippen LogP contribution in [0.25, 0.3) is 10.2 Å². The van der Waals surface area contributed by atoms with E-state index in [9.17, 15) is 9.59 Å². The molecule has 0 radical (unpaired) electrons. The Bertz CT molecular complexity index is 692. The van der Waals surface area contributed by atoms with Gasteiger partial charge in [-0.2, -0.15) is 0 Å². The summed E-state index contributed by atoms with van der Waals surface area (Å²) in [4.78, 5) is 30.6. The highest BCUT2D eigenvalue weighted by Crippen LogP contribution is 2.35. The first-order valence-electron chi connectivity index (χ1n) is 5.49. The Morgan fingerprint density at radius 1 is 1.39 bits per heavy atom. The fourth-order valence-corrected chi connectivity index (χ4v) is 3.20. The highest BCUT2D eigenvalue weighted by Gasteiger charge is 2.23. The molecule has 2 aromatic rings. The number of carboxylic acids is 1. The van der Waals surface area contributed by atoms with Crippen molar-refractivity contribution in [3.05, 3.63) is 26.6 Å². The molecule has 6 heteroatoms. The molecule has 0 saturated heterocycles. The summed E-state index contributed by atoms with van der Waals surface area (Å²) in [7, 11) is 0. The summed E-state index contributed by atoms with van der Waals surface area (Å²) in [5.41, 5.74) is 0.403. The topological polar surface area (TPSA) is 83.0 Å². The molecule has 5 nitrogen and oxygen atoms in total. The van der Waals surface area contributed by atoms with Crippen molar-refractivity contribution in [1.29, 1.82) is 0 Å². The molecule has 18 heavy (non-hydrogen) atoms. The average molecular weight is 266 g/mol. The molecule has 0 fully saturated rings. The van der Waals surface area contributed by atoms with Crippen molar-refractivity contribution in [2.75, 3.05) is 0 Å². The Morgan fingerprint density at radius 3 is 2.50 bits per heavy atom. The van der Waals surface area contributed by atoms with Crippen molar-refractivity contribution in [3.8, 4) is 0 Å². The molecule has 0 aromatic carbocycles. The molecule has 2 heterocycles. The van der Waals surface area contributed by atoms with Crippen LogP contribution in [0.2, 0.25) is 0 Å². The number of carbonyl (C=O) groups is 1. The molecular weight excluding hydrogens is 252 g/mol. The molecular formula is C12H14N2O3S. The maximum Gasteiger partial charge on any atom is 0.372 e. The molecule has 2 rings (SSSR count). The monoisotopic (exact) mass is 266 g/mol. The third-order valence-corrected chi connectivity index (χ3v) is 4.30. The molecule has 0 aliphatic heterocycles. The van der Waals surface area contributed by atoms with Crippen LogP contribution in [0.5, 0.6) is 0 Å². The smallest absolute Gasteiger partial charge is 0.372 e. The van der Waals surface area contributed by atoms with Crippen LogP contribution in [0.15, 0.2) is 4.79 Å². The molecule has 0 amide bonds. The summed E-state index contributed by atoms with van der Waals surface area (Å²) in [6.45, 7) is 8.03. The Kier molecular flexibility index (Phi) is 2.77. The van der Waals surface area contributed by atoms with Gasteiger partial charge >= 0.3 is 5.97 Å². The van der Waals surface area contributed by atoms with Gasteiger partial charge in [-0.3, -0.25) is 4.79 Å². The van der Waals surface area contributed by atoms with Crippen molar-refractivity contribution in [2.45, 2.75) is 33.1 Å². The quantitative estimate of drug-likeness (QED) is 0.829. The van der Waals surface area contributed by atoms with E-state index in [0.29, 0.717) is 10.2 Å².